The van der Waals surface area contributed by atoms with Crippen LogP contribution in [-0.2, 0) is 6.54 Å². The first kappa shape index (κ1) is 14.3. The normalized spacial score (nSPS) is 23.3. The Morgan fingerprint density at radius 2 is 2.00 bits per heavy atom. The van der Waals surface area contributed by atoms with Crippen LogP contribution >= 0.6 is 0 Å². The van der Waals surface area contributed by atoms with Gasteiger partial charge in [-0.3, -0.25) is 0 Å². The second-order valence-electron chi connectivity index (χ2n) is 5.69. The molecule has 0 radical (unpaired) electrons. The Balaban J connectivity index is 1.79. The number of nitrogens with one attached hydrogen (secondary N) is 1. The van der Waals surface area contributed by atoms with E-state index in [9.17, 15) is 4.39 Å². The second kappa shape index (κ2) is 6.90. The Hall–Kier alpha value is -1.09. The van der Waals surface area contributed by atoms with Gasteiger partial charge in [-0.15, -0.1) is 0 Å². The lowest BCUT2D eigenvalue weighted by molar-refractivity contribution is 0.281. The standard InChI is InChI=1S/C16H24FNO/c1-12-6-8-13(9-7-12)10-18-11-14-4-3-5-15(19-2)16(14)17/h3-5,12-13,18H,6-11H2,1-2H3. The zero-order valence-corrected chi connectivity index (χ0v) is 11.9. The van der Waals surface area contributed by atoms with Gasteiger partial charge in [0.05, 0.1) is 7.11 Å². The van der Waals surface area contributed by atoms with Crippen molar-refractivity contribution >= 4 is 0 Å². The number of hydrogen-bond acceptors (Lipinski definition) is 2. The molecule has 2 nitrogen and oxygen atoms in total. The van der Waals surface area contributed by atoms with Crippen molar-refractivity contribution in [1.82, 2.24) is 5.32 Å². The van der Waals surface area contributed by atoms with Crippen LogP contribution in [0.15, 0.2) is 18.2 Å². The zero-order chi connectivity index (χ0) is 13.7. The molecule has 1 aliphatic rings. The first-order valence-electron chi connectivity index (χ1n) is 7.22. The van der Waals surface area contributed by atoms with Crippen molar-refractivity contribution in [2.24, 2.45) is 11.8 Å². The molecule has 1 aliphatic carbocycles. The Morgan fingerprint density at radius 3 is 2.68 bits per heavy atom. The smallest absolute Gasteiger partial charge is 0.169 e. The van der Waals surface area contributed by atoms with Crippen LogP contribution in [0.25, 0.3) is 0 Å². The molecule has 0 atom stereocenters. The van der Waals surface area contributed by atoms with Gasteiger partial charge in [0.2, 0.25) is 0 Å². The SMILES string of the molecule is COc1cccc(CNCC2CCC(C)CC2)c1F. The first-order valence-corrected chi connectivity index (χ1v) is 7.22. The summed E-state index contributed by atoms with van der Waals surface area (Å²) in [6.45, 7) is 3.90. The van der Waals surface area contributed by atoms with Crippen LogP contribution in [0.3, 0.4) is 0 Å². The van der Waals surface area contributed by atoms with Crippen molar-refractivity contribution < 1.29 is 9.13 Å². The van der Waals surface area contributed by atoms with Crippen molar-refractivity contribution in [2.75, 3.05) is 13.7 Å². The van der Waals surface area contributed by atoms with Gasteiger partial charge in [0, 0.05) is 12.1 Å². The topological polar surface area (TPSA) is 21.3 Å². The van der Waals surface area contributed by atoms with E-state index in [1.165, 1.54) is 32.8 Å². The van der Waals surface area contributed by atoms with Crippen LogP contribution in [0.5, 0.6) is 5.75 Å². The molecule has 0 amide bonds. The van der Waals surface area contributed by atoms with Gasteiger partial charge in [0.1, 0.15) is 0 Å². The van der Waals surface area contributed by atoms with E-state index in [-0.39, 0.29) is 5.82 Å². The fourth-order valence-corrected chi connectivity index (χ4v) is 2.79. The van der Waals surface area contributed by atoms with Gasteiger partial charge >= 0.3 is 0 Å². The molecule has 0 unspecified atom stereocenters. The zero-order valence-electron chi connectivity index (χ0n) is 11.9. The number of rotatable bonds is 5. The summed E-state index contributed by atoms with van der Waals surface area (Å²) < 4.78 is 18.9. The van der Waals surface area contributed by atoms with Crippen LogP contribution in [0.2, 0.25) is 0 Å². The van der Waals surface area contributed by atoms with Gasteiger partial charge in [0.25, 0.3) is 0 Å². The van der Waals surface area contributed by atoms with Crippen molar-refractivity contribution in [2.45, 2.75) is 39.2 Å². The van der Waals surface area contributed by atoms with Crippen LogP contribution in [0.1, 0.15) is 38.2 Å². The summed E-state index contributed by atoms with van der Waals surface area (Å²) in [5.41, 5.74) is 0.684. The van der Waals surface area contributed by atoms with E-state index in [1.807, 2.05) is 12.1 Å². The predicted molar refractivity (Wildman–Crippen MR) is 75.8 cm³/mol. The van der Waals surface area contributed by atoms with E-state index < -0.39 is 0 Å². The molecule has 19 heavy (non-hydrogen) atoms. The lowest BCUT2D eigenvalue weighted by Crippen LogP contribution is -2.26. The average molecular weight is 265 g/mol. The molecule has 0 aliphatic heterocycles. The molecule has 3 heteroatoms. The highest BCUT2D eigenvalue weighted by Gasteiger charge is 2.17. The second-order valence-corrected chi connectivity index (χ2v) is 5.69. The maximum atomic E-state index is 13.9. The molecule has 0 spiro atoms. The van der Waals surface area contributed by atoms with E-state index in [4.69, 9.17) is 4.74 Å². The summed E-state index contributed by atoms with van der Waals surface area (Å²) in [5, 5.41) is 3.38. The number of methoxy groups -OCH3 is 1. The highest BCUT2D eigenvalue weighted by Crippen LogP contribution is 2.27. The molecule has 1 fully saturated rings. The molecule has 0 aromatic heterocycles. The van der Waals surface area contributed by atoms with Crippen LogP contribution in [0, 0.1) is 17.7 Å². The summed E-state index contributed by atoms with van der Waals surface area (Å²) in [6, 6.07) is 5.30. The largest absolute Gasteiger partial charge is 0.494 e. The van der Waals surface area contributed by atoms with Gasteiger partial charge in [-0.1, -0.05) is 31.9 Å². The number of hydrogen-bond donors (Lipinski definition) is 1. The minimum Gasteiger partial charge on any atom is -0.494 e. The molecule has 0 heterocycles. The summed E-state index contributed by atoms with van der Waals surface area (Å²) in [4.78, 5) is 0. The molecule has 1 aromatic carbocycles. The minimum atomic E-state index is -0.241. The van der Waals surface area contributed by atoms with Crippen molar-refractivity contribution in [1.29, 1.82) is 0 Å². The van der Waals surface area contributed by atoms with E-state index in [0.717, 1.165) is 18.4 Å². The van der Waals surface area contributed by atoms with Gasteiger partial charge in [0.15, 0.2) is 11.6 Å². The lowest BCUT2D eigenvalue weighted by atomic mass is 9.83. The Morgan fingerprint density at radius 1 is 1.26 bits per heavy atom. The highest BCUT2D eigenvalue weighted by atomic mass is 19.1. The highest BCUT2D eigenvalue weighted by molar-refractivity contribution is 5.30. The first-order chi connectivity index (χ1) is 9.20. The summed E-state index contributed by atoms with van der Waals surface area (Å²) in [5.74, 6) is 1.72. The van der Waals surface area contributed by atoms with Crippen LogP contribution in [0.4, 0.5) is 4.39 Å². The quantitative estimate of drug-likeness (QED) is 0.875. The molecular weight excluding hydrogens is 241 g/mol. The van der Waals surface area contributed by atoms with Crippen LogP contribution in [-0.4, -0.2) is 13.7 Å². The van der Waals surface area contributed by atoms with Crippen molar-refractivity contribution in [3.05, 3.63) is 29.6 Å². The Labute approximate surface area is 115 Å². The van der Waals surface area contributed by atoms with Gasteiger partial charge in [-0.25, -0.2) is 4.39 Å². The Kier molecular flexibility index (Phi) is 5.20. The third kappa shape index (κ3) is 3.93. The number of halogens is 1. The molecule has 1 N–H and O–H groups in total. The maximum absolute atomic E-state index is 13.9. The molecule has 0 saturated heterocycles. The summed E-state index contributed by atoms with van der Waals surface area (Å²) in [6.07, 6.45) is 5.27. The lowest BCUT2D eigenvalue weighted by Gasteiger charge is -2.26. The average Bonchev–Trinajstić information content (AvgIpc) is 2.43. The predicted octanol–water partition coefficient (Wildman–Crippen LogP) is 3.75. The third-order valence-electron chi connectivity index (χ3n) is 4.15. The molecule has 1 aromatic rings. The molecule has 106 valence electrons. The number of benzene rings is 1. The molecule has 2 rings (SSSR count). The van der Waals surface area contributed by atoms with Crippen LogP contribution < -0.4 is 10.1 Å². The van der Waals surface area contributed by atoms with E-state index >= 15 is 0 Å². The maximum Gasteiger partial charge on any atom is 0.169 e. The van der Waals surface area contributed by atoms with Gasteiger partial charge < -0.3 is 10.1 Å². The molecule has 0 bridgehead atoms. The minimum absolute atomic E-state index is 0.241. The summed E-state index contributed by atoms with van der Waals surface area (Å²) in [7, 11) is 1.50. The number of ether oxygens (including phenoxy) is 1. The van der Waals surface area contributed by atoms with E-state index in [2.05, 4.69) is 12.2 Å². The van der Waals surface area contributed by atoms with E-state index in [0.29, 0.717) is 17.9 Å². The Bertz CT molecular complexity index is 400. The van der Waals surface area contributed by atoms with Gasteiger partial charge in [-0.2, -0.15) is 0 Å². The third-order valence-corrected chi connectivity index (χ3v) is 4.15. The van der Waals surface area contributed by atoms with Crippen molar-refractivity contribution in [3.8, 4) is 5.75 Å². The molecular formula is C16H24FNO. The fraction of sp³-hybridized carbons (Fsp3) is 0.625. The summed E-state index contributed by atoms with van der Waals surface area (Å²) >= 11 is 0. The molecule has 1 saturated carbocycles. The van der Waals surface area contributed by atoms with Crippen molar-refractivity contribution in [3.63, 3.8) is 0 Å². The fourth-order valence-electron chi connectivity index (χ4n) is 2.79. The van der Waals surface area contributed by atoms with Gasteiger partial charge in [-0.05, 0) is 37.3 Å². The van der Waals surface area contributed by atoms with E-state index in [1.54, 1.807) is 6.07 Å². The monoisotopic (exact) mass is 265 g/mol.